The Labute approximate surface area is 155 Å². The Morgan fingerprint density at radius 1 is 1.15 bits per heavy atom. The summed E-state index contributed by atoms with van der Waals surface area (Å²) >= 11 is 0. The van der Waals surface area contributed by atoms with Crippen LogP contribution in [0.4, 0.5) is 10.5 Å². The molecule has 2 aromatic rings. The van der Waals surface area contributed by atoms with Crippen LogP contribution in [0.3, 0.4) is 0 Å². The van der Waals surface area contributed by atoms with Gasteiger partial charge in [0.05, 0.1) is 5.92 Å². The number of carbonyl (C=O) groups is 3. The quantitative estimate of drug-likeness (QED) is 0.792. The first-order chi connectivity index (χ1) is 12.9. The molecule has 2 saturated heterocycles. The largest absolute Gasteiger partial charge is 0.466 e. The molecular formula is C19H20N4O4. The zero-order valence-electron chi connectivity index (χ0n) is 14.8. The van der Waals surface area contributed by atoms with E-state index < -0.39 is 6.03 Å². The van der Waals surface area contributed by atoms with Crippen LogP contribution < -0.4 is 16.0 Å². The summed E-state index contributed by atoms with van der Waals surface area (Å²) in [7, 11) is 0. The van der Waals surface area contributed by atoms with E-state index in [9.17, 15) is 14.4 Å². The van der Waals surface area contributed by atoms with E-state index in [1.165, 1.54) is 4.90 Å². The van der Waals surface area contributed by atoms with Crippen LogP contribution in [0.1, 0.15) is 27.8 Å². The third-order valence-electron chi connectivity index (χ3n) is 5.00. The molecule has 0 spiro atoms. The van der Waals surface area contributed by atoms with Crippen molar-refractivity contribution in [3.05, 3.63) is 53.5 Å². The number of nitrogens with two attached hydrogens (primary N) is 1. The number of anilines is 1. The summed E-state index contributed by atoms with van der Waals surface area (Å²) in [5, 5.41) is 2.22. The van der Waals surface area contributed by atoms with E-state index in [4.69, 9.17) is 10.2 Å². The number of benzene rings is 1. The molecule has 2 atom stereocenters. The van der Waals surface area contributed by atoms with Gasteiger partial charge in [0.25, 0.3) is 5.91 Å². The van der Waals surface area contributed by atoms with Crippen molar-refractivity contribution in [1.29, 1.82) is 0 Å². The third kappa shape index (κ3) is 3.19. The van der Waals surface area contributed by atoms with Crippen LogP contribution in [0, 0.1) is 6.92 Å². The van der Waals surface area contributed by atoms with Crippen LogP contribution in [0.5, 0.6) is 0 Å². The summed E-state index contributed by atoms with van der Waals surface area (Å²) in [6.45, 7) is 2.81. The lowest BCUT2D eigenvalue weighted by Gasteiger charge is -2.17. The molecule has 1 aromatic carbocycles. The molecule has 0 unspecified atom stereocenters. The van der Waals surface area contributed by atoms with E-state index in [0.29, 0.717) is 24.3 Å². The van der Waals surface area contributed by atoms with E-state index in [2.05, 4.69) is 5.32 Å². The number of furan rings is 1. The Morgan fingerprint density at radius 3 is 2.48 bits per heavy atom. The average Bonchev–Trinajstić information content (AvgIpc) is 3.33. The molecular weight excluding hydrogens is 348 g/mol. The highest BCUT2D eigenvalue weighted by molar-refractivity contribution is 6.12. The summed E-state index contributed by atoms with van der Waals surface area (Å²) < 4.78 is 5.67. The van der Waals surface area contributed by atoms with Crippen LogP contribution >= 0.6 is 0 Å². The number of hydrogen-bond donors (Lipinski definition) is 2. The second kappa shape index (κ2) is 6.55. The van der Waals surface area contributed by atoms with Gasteiger partial charge in [-0.2, -0.15) is 0 Å². The van der Waals surface area contributed by atoms with Gasteiger partial charge in [0, 0.05) is 30.4 Å². The fraction of sp³-hybridized carbons (Fsp3) is 0.316. The molecule has 1 aromatic heterocycles. The molecule has 0 aliphatic carbocycles. The predicted octanol–water partition coefficient (Wildman–Crippen LogP) is 1.21. The molecule has 0 saturated carbocycles. The number of amides is 4. The maximum atomic E-state index is 12.8. The molecule has 3 heterocycles. The summed E-state index contributed by atoms with van der Waals surface area (Å²) in [5.74, 6) is 1.13. The number of nitrogens with one attached hydrogen (secondary N) is 1. The van der Waals surface area contributed by atoms with E-state index >= 15 is 0 Å². The molecule has 2 aliphatic heterocycles. The first-order valence-corrected chi connectivity index (χ1v) is 8.75. The SMILES string of the molecule is Cc1ccc([C@H]2CN(C(=O)c3ccc(N4CC(=O)NC4=O)cc3)C[C@@H]2N)o1. The van der Waals surface area contributed by atoms with Crippen molar-refractivity contribution in [3.63, 3.8) is 0 Å². The second-order valence-electron chi connectivity index (χ2n) is 6.92. The van der Waals surface area contributed by atoms with Crippen molar-refractivity contribution in [1.82, 2.24) is 10.2 Å². The molecule has 8 nitrogen and oxygen atoms in total. The number of rotatable bonds is 3. The smallest absolute Gasteiger partial charge is 0.329 e. The molecule has 27 heavy (non-hydrogen) atoms. The number of nitrogens with zero attached hydrogens (tertiary/aromatic N) is 2. The first kappa shape index (κ1) is 17.3. The Balaban J connectivity index is 1.47. The maximum absolute atomic E-state index is 12.8. The Morgan fingerprint density at radius 2 is 1.89 bits per heavy atom. The minimum atomic E-state index is -0.457. The van der Waals surface area contributed by atoms with Crippen molar-refractivity contribution in [2.24, 2.45) is 5.73 Å². The molecule has 140 valence electrons. The molecule has 0 bridgehead atoms. The van der Waals surface area contributed by atoms with E-state index in [0.717, 1.165) is 11.5 Å². The van der Waals surface area contributed by atoms with Crippen molar-refractivity contribution in [3.8, 4) is 0 Å². The van der Waals surface area contributed by atoms with E-state index in [-0.39, 0.29) is 30.3 Å². The Kier molecular flexibility index (Phi) is 4.19. The zero-order valence-corrected chi connectivity index (χ0v) is 14.8. The van der Waals surface area contributed by atoms with Crippen molar-refractivity contribution < 1.29 is 18.8 Å². The lowest BCUT2D eigenvalue weighted by Crippen LogP contribution is -2.32. The highest BCUT2D eigenvalue weighted by atomic mass is 16.3. The monoisotopic (exact) mass is 368 g/mol. The fourth-order valence-electron chi connectivity index (χ4n) is 3.57. The average molecular weight is 368 g/mol. The van der Waals surface area contributed by atoms with E-state index in [1.807, 2.05) is 19.1 Å². The van der Waals surface area contributed by atoms with Crippen molar-refractivity contribution in [2.45, 2.75) is 18.9 Å². The topological polar surface area (TPSA) is 109 Å². The maximum Gasteiger partial charge on any atom is 0.329 e. The van der Waals surface area contributed by atoms with Gasteiger partial charge < -0.3 is 15.1 Å². The number of carbonyl (C=O) groups excluding carboxylic acids is 3. The number of likely N-dealkylation sites (tertiary alicyclic amines) is 1. The minimum absolute atomic E-state index is 0.0165. The van der Waals surface area contributed by atoms with Gasteiger partial charge >= 0.3 is 6.03 Å². The molecule has 3 N–H and O–H groups in total. The normalized spacial score (nSPS) is 22.4. The summed E-state index contributed by atoms with van der Waals surface area (Å²) in [6, 6.07) is 9.80. The summed E-state index contributed by atoms with van der Waals surface area (Å²) in [6.07, 6.45) is 0. The van der Waals surface area contributed by atoms with E-state index in [1.54, 1.807) is 29.2 Å². The Bertz CT molecular complexity index is 905. The number of hydrogen-bond acceptors (Lipinski definition) is 5. The van der Waals surface area contributed by atoms with Crippen LogP contribution in [0.2, 0.25) is 0 Å². The van der Waals surface area contributed by atoms with Crippen molar-refractivity contribution in [2.75, 3.05) is 24.5 Å². The van der Waals surface area contributed by atoms with Gasteiger partial charge in [-0.1, -0.05) is 0 Å². The van der Waals surface area contributed by atoms with Gasteiger partial charge in [0.2, 0.25) is 5.91 Å². The fourth-order valence-corrected chi connectivity index (χ4v) is 3.57. The minimum Gasteiger partial charge on any atom is -0.466 e. The van der Waals surface area contributed by atoms with Gasteiger partial charge in [-0.05, 0) is 43.3 Å². The molecule has 0 radical (unpaired) electrons. The molecule has 8 heteroatoms. The summed E-state index contributed by atoms with van der Waals surface area (Å²) in [5.41, 5.74) is 7.30. The lowest BCUT2D eigenvalue weighted by atomic mass is 10.0. The van der Waals surface area contributed by atoms with Crippen LogP contribution in [0.25, 0.3) is 0 Å². The molecule has 2 aliphatic rings. The van der Waals surface area contributed by atoms with Gasteiger partial charge in [0.1, 0.15) is 18.1 Å². The molecule has 2 fully saturated rings. The third-order valence-corrected chi connectivity index (χ3v) is 5.00. The van der Waals surface area contributed by atoms with Gasteiger partial charge in [-0.3, -0.25) is 19.8 Å². The second-order valence-corrected chi connectivity index (χ2v) is 6.92. The molecule has 4 amide bonds. The standard InChI is InChI=1S/C19H20N4O4/c1-11-2-7-16(27-11)14-8-22(9-15(14)20)18(25)12-3-5-13(6-4-12)23-10-17(24)21-19(23)26/h2-7,14-15H,8-10,20H2,1H3,(H,21,24,26)/t14-,15-/m0/s1. The van der Waals surface area contributed by atoms with Crippen molar-refractivity contribution >= 4 is 23.5 Å². The van der Waals surface area contributed by atoms with Gasteiger partial charge in [-0.25, -0.2) is 4.79 Å². The number of urea groups is 1. The van der Waals surface area contributed by atoms with Crippen LogP contribution in [-0.4, -0.2) is 48.4 Å². The molecule has 4 rings (SSSR count). The number of aryl methyl sites for hydroxylation is 1. The predicted molar refractivity (Wildman–Crippen MR) is 97.4 cm³/mol. The van der Waals surface area contributed by atoms with Crippen LogP contribution in [0.15, 0.2) is 40.8 Å². The highest BCUT2D eigenvalue weighted by Crippen LogP contribution is 2.29. The first-order valence-electron chi connectivity index (χ1n) is 8.75. The Hall–Kier alpha value is -3.13. The van der Waals surface area contributed by atoms with Crippen LogP contribution in [-0.2, 0) is 4.79 Å². The zero-order chi connectivity index (χ0) is 19.1. The highest BCUT2D eigenvalue weighted by Gasteiger charge is 2.36. The van der Waals surface area contributed by atoms with Gasteiger partial charge in [-0.15, -0.1) is 0 Å². The lowest BCUT2D eigenvalue weighted by molar-refractivity contribution is -0.117. The number of imide groups is 1. The van der Waals surface area contributed by atoms with Gasteiger partial charge in [0.15, 0.2) is 0 Å². The summed E-state index contributed by atoms with van der Waals surface area (Å²) in [4.78, 5) is 38.9.